The molecule has 0 spiro atoms. The molecule has 2 aromatic rings. The van der Waals surface area contributed by atoms with Gasteiger partial charge in [0.2, 0.25) is 10.0 Å². The molecule has 1 fully saturated rings. The maximum Gasteiger partial charge on any atom is 0.308 e. The molecule has 1 heterocycles. The van der Waals surface area contributed by atoms with Crippen LogP contribution in [0.2, 0.25) is 0 Å². The molecule has 0 aliphatic carbocycles. The summed E-state index contributed by atoms with van der Waals surface area (Å²) in [7, 11) is -2.11. The standard InChI is InChI=1S/C22H25BrN4O6S/c1-16(28)33-20-8-3-17(13-21(20)32-2)14-24-25-22(29)15-26-9-11-27(12-10-26)34(30,31)19-6-4-18(23)5-7-19/h3-8,13-14H,9-12,15H2,1-2H3,(H,25,29). The number of benzene rings is 2. The molecule has 182 valence electrons. The second-order valence-corrected chi connectivity index (χ2v) is 10.3. The van der Waals surface area contributed by atoms with Gasteiger partial charge in [0.1, 0.15) is 0 Å². The highest BCUT2D eigenvalue weighted by Gasteiger charge is 2.29. The lowest BCUT2D eigenvalue weighted by Crippen LogP contribution is -2.50. The number of piperazine rings is 1. The van der Waals surface area contributed by atoms with Crippen LogP contribution < -0.4 is 14.9 Å². The SMILES string of the molecule is COc1cc(C=NNC(=O)CN2CCN(S(=O)(=O)c3ccc(Br)cc3)CC2)ccc1OC(C)=O. The quantitative estimate of drug-likeness (QED) is 0.230. The van der Waals surface area contributed by atoms with E-state index in [2.05, 4.69) is 26.5 Å². The summed E-state index contributed by atoms with van der Waals surface area (Å²) in [6.45, 7) is 2.85. The topological polar surface area (TPSA) is 118 Å². The van der Waals surface area contributed by atoms with E-state index < -0.39 is 16.0 Å². The molecule has 2 aromatic carbocycles. The first kappa shape index (κ1) is 25.8. The van der Waals surface area contributed by atoms with Crippen molar-refractivity contribution in [3.63, 3.8) is 0 Å². The summed E-state index contributed by atoms with van der Waals surface area (Å²) in [6, 6.07) is 11.4. The second-order valence-electron chi connectivity index (χ2n) is 7.43. The van der Waals surface area contributed by atoms with Crippen LogP contribution in [0.5, 0.6) is 11.5 Å². The average Bonchev–Trinajstić information content (AvgIpc) is 2.80. The molecule has 0 radical (unpaired) electrons. The van der Waals surface area contributed by atoms with Gasteiger partial charge in [-0.25, -0.2) is 13.8 Å². The Morgan fingerprint density at radius 2 is 1.76 bits per heavy atom. The van der Waals surface area contributed by atoms with E-state index in [4.69, 9.17) is 9.47 Å². The highest BCUT2D eigenvalue weighted by atomic mass is 79.9. The Morgan fingerprint density at radius 1 is 1.09 bits per heavy atom. The van der Waals surface area contributed by atoms with Crippen molar-refractivity contribution in [2.45, 2.75) is 11.8 Å². The molecule has 0 atom stereocenters. The molecule has 12 heteroatoms. The first-order valence-electron chi connectivity index (χ1n) is 10.4. The molecule has 0 bridgehead atoms. The molecule has 1 N–H and O–H groups in total. The lowest BCUT2D eigenvalue weighted by atomic mass is 10.2. The van der Waals surface area contributed by atoms with E-state index >= 15 is 0 Å². The number of nitrogens with one attached hydrogen (secondary N) is 1. The highest BCUT2D eigenvalue weighted by molar-refractivity contribution is 9.10. The third-order valence-electron chi connectivity index (χ3n) is 4.99. The highest BCUT2D eigenvalue weighted by Crippen LogP contribution is 2.27. The van der Waals surface area contributed by atoms with E-state index in [-0.39, 0.29) is 23.1 Å². The Kier molecular flexibility index (Phi) is 8.78. The fourth-order valence-corrected chi connectivity index (χ4v) is 4.99. The maximum atomic E-state index is 12.8. The maximum absolute atomic E-state index is 12.8. The van der Waals surface area contributed by atoms with E-state index in [0.29, 0.717) is 37.5 Å². The Bertz CT molecular complexity index is 1160. The van der Waals surface area contributed by atoms with Gasteiger partial charge in [-0.05, 0) is 48.0 Å². The molecule has 1 saturated heterocycles. The Hall–Kier alpha value is -2.80. The lowest BCUT2D eigenvalue weighted by molar-refractivity contribution is -0.132. The normalized spacial score (nSPS) is 15.3. The van der Waals surface area contributed by atoms with E-state index in [1.165, 1.54) is 24.6 Å². The van der Waals surface area contributed by atoms with Gasteiger partial charge < -0.3 is 9.47 Å². The molecule has 10 nitrogen and oxygen atoms in total. The van der Waals surface area contributed by atoms with Crippen molar-refractivity contribution in [2.75, 3.05) is 39.8 Å². The zero-order valence-corrected chi connectivity index (χ0v) is 21.1. The summed E-state index contributed by atoms with van der Waals surface area (Å²) in [5, 5.41) is 3.95. The number of hydrogen-bond donors (Lipinski definition) is 1. The monoisotopic (exact) mass is 552 g/mol. The third-order valence-corrected chi connectivity index (χ3v) is 7.44. The number of methoxy groups -OCH3 is 1. The van der Waals surface area contributed by atoms with Crippen molar-refractivity contribution < 1.29 is 27.5 Å². The van der Waals surface area contributed by atoms with Crippen molar-refractivity contribution in [2.24, 2.45) is 5.10 Å². The van der Waals surface area contributed by atoms with Gasteiger partial charge in [-0.3, -0.25) is 14.5 Å². The predicted molar refractivity (Wildman–Crippen MR) is 129 cm³/mol. The zero-order valence-electron chi connectivity index (χ0n) is 18.7. The zero-order chi connectivity index (χ0) is 24.7. The molecule has 3 rings (SSSR count). The van der Waals surface area contributed by atoms with Gasteiger partial charge in [0.25, 0.3) is 5.91 Å². The van der Waals surface area contributed by atoms with E-state index in [1.54, 1.807) is 42.5 Å². The minimum absolute atomic E-state index is 0.0955. The first-order valence-corrected chi connectivity index (χ1v) is 12.6. The van der Waals surface area contributed by atoms with Gasteiger partial charge in [0.15, 0.2) is 11.5 Å². The molecule has 1 aliphatic heterocycles. The van der Waals surface area contributed by atoms with Crippen molar-refractivity contribution in [3.8, 4) is 11.5 Å². The van der Waals surface area contributed by atoms with Crippen molar-refractivity contribution in [1.82, 2.24) is 14.6 Å². The van der Waals surface area contributed by atoms with Gasteiger partial charge in [-0.1, -0.05) is 15.9 Å². The number of halogens is 1. The lowest BCUT2D eigenvalue weighted by Gasteiger charge is -2.33. The van der Waals surface area contributed by atoms with Crippen LogP contribution in [-0.4, -0.2) is 75.5 Å². The number of sulfonamides is 1. The molecule has 1 amide bonds. The van der Waals surface area contributed by atoms with Crippen LogP contribution in [0.15, 0.2) is 56.9 Å². The summed E-state index contributed by atoms with van der Waals surface area (Å²) in [4.78, 5) is 25.5. The van der Waals surface area contributed by atoms with Crippen LogP contribution in [-0.2, 0) is 19.6 Å². The van der Waals surface area contributed by atoms with Crippen molar-refractivity contribution >= 4 is 44.0 Å². The fourth-order valence-electron chi connectivity index (χ4n) is 3.30. The van der Waals surface area contributed by atoms with Crippen LogP contribution in [0.1, 0.15) is 12.5 Å². The number of carbonyl (C=O) groups excluding carboxylic acids is 2. The molecule has 1 aliphatic rings. The second kappa shape index (κ2) is 11.6. The summed E-state index contributed by atoms with van der Waals surface area (Å²) in [5.74, 6) is -0.124. The minimum atomic E-state index is -3.57. The molecular weight excluding hydrogens is 528 g/mol. The van der Waals surface area contributed by atoms with Crippen LogP contribution in [0.3, 0.4) is 0 Å². The number of hydrazone groups is 1. The molecule has 0 aromatic heterocycles. The van der Waals surface area contributed by atoms with Gasteiger partial charge in [-0.15, -0.1) is 0 Å². The number of rotatable bonds is 8. The molecule has 0 unspecified atom stereocenters. The first-order chi connectivity index (χ1) is 16.2. The van der Waals surface area contributed by atoms with Crippen molar-refractivity contribution in [1.29, 1.82) is 0 Å². The van der Waals surface area contributed by atoms with E-state index in [9.17, 15) is 18.0 Å². The number of nitrogens with zero attached hydrogens (tertiary/aromatic N) is 3. The average molecular weight is 553 g/mol. The summed E-state index contributed by atoms with van der Waals surface area (Å²) in [6.07, 6.45) is 1.45. The van der Waals surface area contributed by atoms with Gasteiger partial charge in [0, 0.05) is 37.6 Å². The Labute approximate surface area is 206 Å². The van der Waals surface area contributed by atoms with Crippen LogP contribution in [0.25, 0.3) is 0 Å². The molecule has 0 saturated carbocycles. The van der Waals surface area contributed by atoms with Crippen LogP contribution in [0.4, 0.5) is 0 Å². The predicted octanol–water partition coefficient (Wildman–Crippen LogP) is 1.84. The van der Waals surface area contributed by atoms with Gasteiger partial charge in [0.05, 0.1) is 24.8 Å². The van der Waals surface area contributed by atoms with E-state index in [1.807, 2.05) is 4.90 Å². The molecular formula is C22H25BrN4O6S. The van der Waals surface area contributed by atoms with Gasteiger partial charge in [-0.2, -0.15) is 9.41 Å². The third kappa shape index (κ3) is 6.86. The number of hydrogen-bond acceptors (Lipinski definition) is 8. The summed E-state index contributed by atoms with van der Waals surface area (Å²) < 4.78 is 38.0. The van der Waals surface area contributed by atoms with Crippen LogP contribution in [0, 0.1) is 0 Å². The van der Waals surface area contributed by atoms with Gasteiger partial charge >= 0.3 is 5.97 Å². The summed E-state index contributed by atoms with van der Waals surface area (Å²) >= 11 is 3.30. The number of ether oxygens (including phenoxy) is 2. The fraction of sp³-hybridized carbons (Fsp3) is 0.318. The number of esters is 1. The number of amides is 1. The largest absolute Gasteiger partial charge is 0.493 e. The number of carbonyl (C=O) groups is 2. The Balaban J connectivity index is 1.49. The summed E-state index contributed by atoms with van der Waals surface area (Å²) in [5.41, 5.74) is 3.10. The van der Waals surface area contributed by atoms with Crippen molar-refractivity contribution in [3.05, 3.63) is 52.5 Å². The molecule has 34 heavy (non-hydrogen) atoms. The Morgan fingerprint density at radius 3 is 2.38 bits per heavy atom. The van der Waals surface area contributed by atoms with Crippen LogP contribution >= 0.6 is 15.9 Å². The smallest absolute Gasteiger partial charge is 0.308 e. The minimum Gasteiger partial charge on any atom is -0.493 e. The van der Waals surface area contributed by atoms with E-state index in [0.717, 1.165) is 4.47 Å².